The lowest BCUT2D eigenvalue weighted by atomic mass is 9.86. The fourth-order valence-electron chi connectivity index (χ4n) is 3.09. The van der Waals surface area contributed by atoms with Gasteiger partial charge in [0.05, 0.1) is 11.1 Å². The largest absolute Gasteiger partial charge is 0.288 e. The van der Waals surface area contributed by atoms with Gasteiger partial charge in [0.25, 0.3) is 5.69 Å². The number of nitrogens with zero attached hydrogens (tertiary/aromatic N) is 2. The van der Waals surface area contributed by atoms with E-state index in [1.807, 2.05) is 0 Å². The molecule has 0 unspecified atom stereocenters. The number of benzene rings is 2. The Morgan fingerprint density at radius 3 is 2.54 bits per heavy atom. The Bertz CT molecular complexity index is 933. The summed E-state index contributed by atoms with van der Waals surface area (Å²) in [6.07, 6.45) is 2.17. The minimum atomic E-state index is -0.558. The number of amides is 1. The number of hydrazone groups is 1. The molecule has 0 aromatic heterocycles. The maximum absolute atomic E-state index is 12.3. The van der Waals surface area contributed by atoms with Gasteiger partial charge in [-0.25, -0.2) is 5.43 Å². The number of hydrogen-bond donors (Lipinski definition) is 1. The molecule has 0 bridgehead atoms. The minimum absolute atomic E-state index is 0.0597. The first-order chi connectivity index (χ1) is 13.2. The lowest BCUT2D eigenvalue weighted by molar-refractivity contribution is -0.384. The molecule has 2 aromatic rings. The number of nitrogens with one attached hydrogen (secondary N) is 1. The smallest absolute Gasteiger partial charge is 0.273 e. The van der Waals surface area contributed by atoms with Crippen LogP contribution in [-0.4, -0.2) is 17.0 Å². The van der Waals surface area contributed by atoms with Gasteiger partial charge in [-0.2, -0.15) is 5.10 Å². The highest BCUT2D eigenvalue weighted by Crippen LogP contribution is 2.47. The number of carbonyl (C=O) groups excluding carboxylic acids is 1. The van der Waals surface area contributed by atoms with Gasteiger partial charge in [-0.05, 0) is 34.9 Å². The molecule has 6 nitrogen and oxygen atoms in total. The van der Waals surface area contributed by atoms with Gasteiger partial charge in [0, 0.05) is 17.5 Å². The van der Waals surface area contributed by atoms with Crippen LogP contribution in [0.3, 0.4) is 0 Å². The zero-order valence-corrected chi connectivity index (χ0v) is 16.7. The maximum Gasteiger partial charge on any atom is 0.288 e. The van der Waals surface area contributed by atoms with Gasteiger partial charge in [-0.1, -0.05) is 62.7 Å². The molecule has 0 spiro atoms. The van der Waals surface area contributed by atoms with Crippen molar-refractivity contribution in [2.45, 2.75) is 38.5 Å². The molecule has 1 aliphatic rings. The molecule has 2 atom stereocenters. The Balaban J connectivity index is 1.57. The van der Waals surface area contributed by atoms with Crippen LogP contribution in [0.15, 0.2) is 47.6 Å². The monoisotopic (exact) mass is 399 g/mol. The molecule has 1 fully saturated rings. The first kappa shape index (κ1) is 20.0. The Labute approximate surface area is 168 Å². The summed E-state index contributed by atoms with van der Waals surface area (Å²) in [6, 6.07) is 12.8. The van der Waals surface area contributed by atoms with Crippen LogP contribution in [0.2, 0.25) is 5.02 Å². The van der Waals surface area contributed by atoms with E-state index in [1.54, 1.807) is 6.07 Å². The second-order valence-electron chi connectivity index (χ2n) is 8.02. The first-order valence-corrected chi connectivity index (χ1v) is 9.42. The molecule has 146 valence electrons. The highest BCUT2D eigenvalue weighted by Gasteiger charge is 2.44. The van der Waals surface area contributed by atoms with Gasteiger partial charge < -0.3 is 0 Å². The second-order valence-corrected chi connectivity index (χ2v) is 8.43. The average Bonchev–Trinajstić information content (AvgIpc) is 3.43. The van der Waals surface area contributed by atoms with Crippen molar-refractivity contribution < 1.29 is 9.72 Å². The lowest BCUT2D eigenvalue weighted by Gasteiger charge is -2.19. The predicted molar refractivity (Wildman–Crippen MR) is 110 cm³/mol. The predicted octanol–water partition coefficient (Wildman–Crippen LogP) is 4.80. The van der Waals surface area contributed by atoms with Crippen LogP contribution in [0.25, 0.3) is 0 Å². The number of carbonyl (C=O) groups is 1. The van der Waals surface area contributed by atoms with Gasteiger partial charge in [0.15, 0.2) is 0 Å². The maximum atomic E-state index is 12.3. The fourth-order valence-corrected chi connectivity index (χ4v) is 3.27. The van der Waals surface area contributed by atoms with E-state index in [9.17, 15) is 14.9 Å². The zero-order valence-electron chi connectivity index (χ0n) is 16.0. The molecule has 2 aromatic carbocycles. The van der Waals surface area contributed by atoms with Crippen molar-refractivity contribution in [3.8, 4) is 0 Å². The van der Waals surface area contributed by atoms with Crippen molar-refractivity contribution in [1.82, 2.24) is 5.43 Å². The molecule has 0 aliphatic heterocycles. The highest BCUT2D eigenvalue weighted by atomic mass is 35.5. The van der Waals surface area contributed by atoms with Crippen LogP contribution in [-0.2, 0) is 10.2 Å². The van der Waals surface area contributed by atoms with Gasteiger partial charge >= 0.3 is 0 Å². The number of nitro benzene ring substituents is 1. The van der Waals surface area contributed by atoms with Crippen molar-refractivity contribution in [3.05, 3.63) is 74.3 Å². The molecular formula is C21H22ClN3O3. The molecule has 1 amide bonds. The van der Waals surface area contributed by atoms with Gasteiger partial charge in [0.2, 0.25) is 5.91 Å². The van der Waals surface area contributed by atoms with E-state index in [0.29, 0.717) is 5.56 Å². The van der Waals surface area contributed by atoms with Gasteiger partial charge in [-0.3, -0.25) is 14.9 Å². The molecule has 3 rings (SSSR count). The Hall–Kier alpha value is -2.73. The molecule has 7 heteroatoms. The Morgan fingerprint density at radius 2 is 1.93 bits per heavy atom. The van der Waals surface area contributed by atoms with E-state index in [2.05, 4.69) is 55.6 Å². The van der Waals surface area contributed by atoms with Crippen molar-refractivity contribution in [2.24, 2.45) is 11.0 Å². The van der Waals surface area contributed by atoms with E-state index >= 15 is 0 Å². The molecule has 1 saturated carbocycles. The molecule has 0 radical (unpaired) electrons. The summed E-state index contributed by atoms with van der Waals surface area (Å²) in [6.45, 7) is 6.51. The third-order valence-corrected chi connectivity index (χ3v) is 5.21. The summed E-state index contributed by atoms with van der Waals surface area (Å²) in [5.41, 5.74) is 5.33. The number of hydrogen-bond acceptors (Lipinski definition) is 4. The van der Waals surface area contributed by atoms with E-state index in [4.69, 9.17) is 11.6 Å². The number of nitro groups is 1. The topological polar surface area (TPSA) is 84.6 Å². The fraction of sp³-hybridized carbons (Fsp3) is 0.333. The zero-order chi connectivity index (χ0) is 20.5. The SMILES string of the molecule is CC(C)(C)c1ccc([C@@H]2C[C@@H]2C(=O)N/N=C/c2ccc(Cl)c([N+](=O)[O-])c2)cc1. The molecule has 0 heterocycles. The van der Waals surface area contributed by atoms with Crippen molar-refractivity contribution in [2.75, 3.05) is 0 Å². The molecule has 0 saturated heterocycles. The summed E-state index contributed by atoms with van der Waals surface area (Å²) in [7, 11) is 0. The summed E-state index contributed by atoms with van der Waals surface area (Å²) >= 11 is 5.78. The Morgan fingerprint density at radius 1 is 1.25 bits per heavy atom. The third-order valence-electron chi connectivity index (χ3n) is 4.89. The van der Waals surface area contributed by atoms with Crippen LogP contribution in [0.4, 0.5) is 5.69 Å². The minimum Gasteiger partial charge on any atom is -0.273 e. The van der Waals surface area contributed by atoms with Crippen LogP contribution in [0.1, 0.15) is 49.8 Å². The van der Waals surface area contributed by atoms with Crippen molar-refractivity contribution >= 4 is 29.4 Å². The third kappa shape index (κ3) is 4.57. The summed E-state index contributed by atoms with van der Waals surface area (Å²) < 4.78 is 0. The standard InChI is InChI=1S/C21H22ClN3O3/c1-21(2,3)15-7-5-14(6-8-15)16-11-17(16)20(26)24-23-12-13-4-9-18(22)19(10-13)25(27)28/h4-10,12,16-17H,11H2,1-3H3,(H,24,26)/b23-12+/t16-,17-/m0/s1. The first-order valence-electron chi connectivity index (χ1n) is 9.04. The highest BCUT2D eigenvalue weighted by molar-refractivity contribution is 6.32. The van der Waals surface area contributed by atoms with Crippen LogP contribution in [0.5, 0.6) is 0 Å². The number of halogens is 1. The summed E-state index contributed by atoms with van der Waals surface area (Å²) in [4.78, 5) is 22.6. The van der Waals surface area contributed by atoms with E-state index < -0.39 is 4.92 Å². The quantitative estimate of drug-likeness (QED) is 0.445. The molecular weight excluding hydrogens is 378 g/mol. The molecule has 1 aliphatic carbocycles. The van der Waals surface area contributed by atoms with Crippen molar-refractivity contribution in [3.63, 3.8) is 0 Å². The summed E-state index contributed by atoms with van der Waals surface area (Å²) in [5.74, 6) is -0.0392. The Kier molecular flexibility index (Phi) is 5.52. The molecule has 1 N–H and O–H groups in total. The van der Waals surface area contributed by atoms with Gasteiger partial charge in [-0.15, -0.1) is 0 Å². The second kappa shape index (κ2) is 7.72. The number of rotatable bonds is 5. The van der Waals surface area contributed by atoms with E-state index in [0.717, 1.165) is 12.0 Å². The van der Waals surface area contributed by atoms with Gasteiger partial charge in [0.1, 0.15) is 5.02 Å². The van der Waals surface area contributed by atoms with Crippen molar-refractivity contribution in [1.29, 1.82) is 0 Å². The summed E-state index contributed by atoms with van der Waals surface area (Å²) in [5, 5.41) is 14.9. The normalized spacial score (nSPS) is 18.9. The van der Waals surface area contributed by atoms with E-state index in [-0.39, 0.29) is 33.9 Å². The molecule has 28 heavy (non-hydrogen) atoms. The average molecular weight is 400 g/mol. The van der Waals surface area contributed by atoms with Crippen LogP contribution >= 0.6 is 11.6 Å². The van der Waals surface area contributed by atoms with E-state index in [1.165, 1.54) is 23.9 Å². The lowest BCUT2D eigenvalue weighted by Crippen LogP contribution is -2.20. The van der Waals surface area contributed by atoms with Crippen LogP contribution < -0.4 is 5.43 Å². The van der Waals surface area contributed by atoms with Crippen LogP contribution in [0, 0.1) is 16.0 Å².